The second kappa shape index (κ2) is 6.34. The number of piperazine rings is 1. The quantitative estimate of drug-likeness (QED) is 0.717. The number of pyridine rings is 1. The van der Waals surface area contributed by atoms with Crippen molar-refractivity contribution in [3.05, 3.63) is 53.3 Å². The molecule has 1 fully saturated rings. The van der Waals surface area contributed by atoms with E-state index in [9.17, 15) is 5.11 Å². The molecule has 1 aliphatic rings. The lowest BCUT2D eigenvalue weighted by atomic mass is 10.2. The third-order valence-corrected chi connectivity index (χ3v) is 4.78. The molecule has 1 aromatic carbocycles. The third kappa shape index (κ3) is 3.05. The zero-order valence-electron chi connectivity index (χ0n) is 13.2. The number of fused-ring (bicyclic) bond motifs is 1. The van der Waals surface area contributed by atoms with Gasteiger partial charge in [-0.3, -0.25) is 4.90 Å². The predicted molar refractivity (Wildman–Crippen MR) is 96.7 cm³/mol. The molecular weight excluding hydrogens is 324 g/mol. The molecule has 3 aromatic rings. The van der Waals surface area contributed by atoms with Crippen LogP contribution in [0.4, 0.5) is 5.69 Å². The third-order valence-electron chi connectivity index (χ3n) is 4.57. The lowest BCUT2D eigenvalue weighted by Crippen LogP contribution is -2.45. The van der Waals surface area contributed by atoms with Gasteiger partial charge in [-0.05, 0) is 42.0 Å². The van der Waals surface area contributed by atoms with E-state index in [1.165, 1.54) is 11.3 Å². The Balaban J connectivity index is 1.41. The number of phenols is 1. The Morgan fingerprint density at radius 2 is 1.79 bits per heavy atom. The van der Waals surface area contributed by atoms with E-state index in [1.54, 1.807) is 12.1 Å². The minimum Gasteiger partial charge on any atom is -0.508 e. The van der Waals surface area contributed by atoms with Crippen molar-refractivity contribution in [2.75, 3.05) is 31.1 Å². The molecule has 0 spiro atoms. The van der Waals surface area contributed by atoms with Gasteiger partial charge in [0.05, 0.1) is 0 Å². The maximum absolute atomic E-state index is 9.40. The van der Waals surface area contributed by atoms with Gasteiger partial charge < -0.3 is 15.0 Å². The van der Waals surface area contributed by atoms with Crippen LogP contribution in [0.15, 0.2) is 42.6 Å². The summed E-state index contributed by atoms with van der Waals surface area (Å²) in [7, 11) is 0. The second-order valence-corrected chi connectivity index (χ2v) is 6.51. The van der Waals surface area contributed by atoms with Crippen molar-refractivity contribution >= 4 is 28.3 Å². The fourth-order valence-corrected chi connectivity index (χ4v) is 3.38. The molecule has 2 N–H and O–H groups in total. The first-order chi connectivity index (χ1) is 11.7. The summed E-state index contributed by atoms with van der Waals surface area (Å²) in [6, 6.07) is 11.3. The van der Waals surface area contributed by atoms with Crippen LogP contribution in [0.2, 0.25) is 5.15 Å². The summed E-state index contributed by atoms with van der Waals surface area (Å²) in [6.07, 6.45) is 2.03. The van der Waals surface area contributed by atoms with E-state index in [2.05, 4.69) is 19.8 Å². The van der Waals surface area contributed by atoms with Crippen molar-refractivity contribution < 1.29 is 5.11 Å². The highest BCUT2D eigenvalue weighted by Gasteiger charge is 2.18. The Kier molecular flexibility index (Phi) is 4.04. The van der Waals surface area contributed by atoms with Gasteiger partial charge in [-0.25, -0.2) is 4.98 Å². The van der Waals surface area contributed by atoms with Crippen molar-refractivity contribution in [1.29, 1.82) is 0 Å². The first kappa shape index (κ1) is 15.3. The number of benzene rings is 1. The van der Waals surface area contributed by atoms with Gasteiger partial charge in [-0.15, -0.1) is 0 Å². The lowest BCUT2D eigenvalue weighted by Gasteiger charge is -2.36. The number of aromatic hydroxyl groups is 1. The predicted octanol–water partition coefficient (Wildman–Crippen LogP) is 3.24. The Morgan fingerprint density at radius 1 is 1.04 bits per heavy atom. The van der Waals surface area contributed by atoms with Crippen LogP contribution in [0, 0.1) is 0 Å². The summed E-state index contributed by atoms with van der Waals surface area (Å²) < 4.78 is 0. The number of phenolic OH excluding ortho intramolecular Hbond substituents is 1. The second-order valence-electron chi connectivity index (χ2n) is 6.12. The average Bonchev–Trinajstić information content (AvgIpc) is 2.98. The molecular formula is C18H19ClN4O. The van der Waals surface area contributed by atoms with Gasteiger partial charge >= 0.3 is 0 Å². The fourth-order valence-electron chi connectivity index (χ4n) is 3.24. The summed E-state index contributed by atoms with van der Waals surface area (Å²) in [5.41, 5.74) is 3.27. The van der Waals surface area contributed by atoms with Crippen LogP contribution in [-0.2, 0) is 6.54 Å². The molecule has 0 radical (unpaired) electrons. The van der Waals surface area contributed by atoms with Crippen LogP contribution < -0.4 is 4.90 Å². The highest BCUT2D eigenvalue weighted by atomic mass is 35.5. The molecule has 0 atom stereocenters. The number of rotatable bonds is 3. The van der Waals surface area contributed by atoms with Gasteiger partial charge in [0.25, 0.3) is 0 Å². The van der Waals surface area contributed by atoms with E-state index in [1.807, 2.05) is 30.5 Å². The molecule has 3 heterocycles. The molecule has 4 rings (SSSR count). The highest BCUT2D eigenvalue weighted by molar-refractivity contribution is 6.29. The summed E-state index contributed by atoms with van der Waals surface area (Å²) in [5.74, 6) is 0.311. The largest absolute Gasteiger partial charge is 0.508 e. The van der Waals surface area contributed by atoms with E-state index in [0.29, 0.717) is 10.9 Å². The number of nitrogens with zero attached hydrogens (tertiary/aromatic N) is 3. The fraction of sp³-hybridized carbons (Fsp3) is 0.278. The highest BCUT2D eigenvalue weighted by Crippen LogP contribution is 2.23. The van der Waals surface area contributed by atoms with E-state index < -0.39 is 0 Å². The van der Waals surface area contributed by atoms with E-state index in [4.69, 9.17) is 11.6 Å². The first-order valence-electron chi connectivity index (χ1n) is 8.08. The Bertz CT molecular complexity index is 838. The van der Waals surface area contributed by atoms with Crippen molar-refractivity contribution in [2.24, 2.45) is 0 Å². The molecule has 0 aliphatic carbocycles. The maximum Gasteiger partial charge on any atom is 0.139 e. The molecule has 5 nitrogen and oxygen atoms in total. The Morgan fingerprint density at radius 3 is 2.54 bits per heavy atom. The van der Waals surface area contributed by atoms with Crippen molar-refractivity contribution in [3.63, 3.8) is 0 Å². The minimum absolute atomic E-state index is 0.311. The van der Waals surface area contributed by atoms with Gasteiger partial charge in [-0.1, -0.05) is 11.6 Å². The number of nitrogens with one attached hydrogen (secondary N) is 1. The normalized spacial score (nSPS) is 16.0. The number of aromatic amines is 1. The molecule has 24 heavy (non-hydrogen) atoms. The molecule has 0 saturated carbocycles. The molecule has 6 heteroatoms. The van der Waals surface area contributed by atoms with E-state index in [-0.39, 0.29) is 0 Å². The summed E-state index contributed by atoms with van der Waals surface area (Å²) in [4.78, 5) is 12.3. The number of anilines is 1. The molecule has 2 aromatic heterocycles. The monoisotopic (exact) mass is 342 g/mol. The number of H-pyrrole nitrogens is 1. The van der Waals surface area contributed by atoms with Crippen molar-refractivity contribution in [3.8, 4) is 5.75 Å². The van der Waals surface area contributed by atoms with Crippen LogP contribution in [0.5, 0.6) is 5.75 Å². The van der Waals surface area contributed by atoms with Gasteiger partial charge in [0.1, 0.15) is 16.5 Å². The van der Waals surface area contributed by atoms with Gasteiger partial charge in [0.2, 0.25) is 0 Å². The van der Waals surface area contributed by atoms with Crippen LogP contribution in [0.3, 0.4) is 0 Å². The van der Waals surface area contributed by atoms with Crippen molar-refractivity contribution in [2.45, 2.75) is 6.54 Å². The number of hydrogen-bond acceptors (Lipinski definition) is 4. The first-order valence-corrected chi connectivity index (χ1v) is 8.46. The summed E-state index contributed by atoms with van der Waals surface area (Å²) >= 11 is 5.94. The lowest BCUT2D eigenvalue weighted by molar-refractivity contribution is 0.250. The van der Waals surface area contributed by atoms with Crippen LogP contribution in [0.25, 0.3) is 11.0 Å². The molecule has 0 bridgehead atoms. The smallest absolute Gasteiger partial charge is 0.139 e. The molecule has 0 unspecified atom stereocenters. The minimum atomic E-state index is 0.311. The van der Waals surface area contributed by atoms with Gasteiger partial charge in [-0.2, -0.15) is 0 Å². The Hall–Kier alpha value is -2.24. The zero-order chi connectivity index (χ0) is 16.5. The molecule has 1 aliphatic heterocycles. The zero-order valence-corrected chi connectivity index (χ0v) is 14.0. The summed E-state index contributed by atoms with van der Waals surface area (Å²) in [6.45, 7) is 4.89. The SMILES string of the molecule is Oc1ccc(N2CCN(Cc3c[nH]c4nc(Cl)ccc34)CC2)cc1. The van der Waals surface area contributed by atoms with Gasteiger partial charge in [0.15, 0.2) is 0 Å². The number of aromatic nitrogens is 2. The standard InChI is InChI=1S/C18H19ClN4O/c19-17-6-5-16-13(11-20-18(16)21-17)12-22-7-9-23(10-8-22)14-1-3-15(24)4-2-14/h1-6,11,24H,7-10,12H2,(H,20,21). The van der Waals surface area contributed by atoms with Crippen LogP contribution in [-0.4, -0.2) is 46.2 Å². The van der Waals surface area contributed by atoms with Crippen LogP contribution in [0.1, 0.15) is 5.56 Å². The number of hydrogen-bond donors (Lipinski definition) is 2. The molecule has 124 valence electrons. The molecule has 0 amide bonds. The van der Waals surface area contributed by atoms with E-state index in [0.717, 1.165) is 43.8 Å². The maximum atomic E-state index is 9.40. The average molecular weight is 343 g/mol. The van der Waals surface area contributed by atoms with Gasteiger partial charge in [0, 0.05) is 50.0 Å². The topological polar surface area (TPSA) is 55.4 Å². The van der Waals surface area contributed by atoms with Crippen molar-refractivity contribution in [1.82, 2.24) is 14.9 Å². The van der Waals surface area contributed by atoms with E-state index >= 15 is 0 Å². The molecule has 1 saturated heterocycles. The Labute approximate surface area is 145 Å². The summed E-state index contributed by atoms with van der Waals surface area (Å²) in [5, 5.41) is 11.1. The van der Waals surface area contributed by atoms with Crippen LogP contribution >= 0.6 is 11.6 Å². The number of halogens is 1.